The fourth-order valence-corrected chi connectivity index (χ4v) is 4.57. The van der Waals surface area contributed by atoms with Gasteiger partial charge >= 0.3 is 0 Å². The van der Waals surface area contributed by atoms with E-state index in [-0.39, 0.29) is 11.9 Å². The maximum absolute atomic E-state index is 13.6. The molecule has 2 aromatic heterocycles. The van der Waals surface area contributed by atoms with Crippen molar-refractivity contribution >= 4 is 5.91 Å². The lowest BCUT2D eigenvalue weighted by Gasteiger charge is -2.20. The molecule has 198 valence electrons. The van der Waals surface area contributed by atoms with Gasteiger partial charge in [-0.05, 0) is 60.6 Å². The van der Waals surface area contributed by atoms with E-state index in [4.69, 9.17) is 9.52 Å². The van der Waals surface area contributed by atoms with Crippen molar-refractivity contribution in [3.8, 4) is 17.3 Å². The number of carbonyl (C=O) groups excluding carboxylic acids is 1. The second-order valence-electron chi connectivity index (χ2n) is 10.2. The summed E-state index contributed by atoms with van der Waals surface area (Å²) in [6.45, 7) is 6.16. The summed E-state index contributed by atoms with van der Waals surface area (Å²) < 4.78 is 7.52. The van der Waals surface area contributed by atoms with E-state index in [1.807, 2.05) is 71.4 Å². The number of amides is 1. The van der Waals surface area contributed by atoms with Gasteiger partial charge in [-0.3, -0.25) is 4.79 Å². The fraction of sp³-hybridized carbons (Fsp3) is 0.250. The second kappa shape index (κ2) is 11.9. The predicted molar refractivity (Wildman–Crippen MR) is 152 cm³/mol. The maximum atomic E-state index is 13.6. The van der Waals surface area contributed by atoms with E-state index in [0.717, 1.165) is 35.3 Å². The Bertz CT molecular complexity index is 1520. The van der Waals surface area contributed by atoms with Crippen LogP contribution in [0.4, 0.5) is 0 Å². The molecule has 7 heteroatoms. The standard InChI is InChI=1S/C32H33N5O2/c1-22(2)17-18-28-21-30(32-35-34-23(3)39-32)36-37(28)27-16-10-15-26(20-27)31(38)33-29(25-13-8-5-9-14-25)19-24-11-6-4-7-12-24/h4-16,20-22,29H,17-19H2,1-3H3,(H,33,38)/t29-/m0/s1. The molecule has 5 aromatic rings. The first-order chi connectivity index (χ1) is 19.0. The molecule has 0 aliphatic carbocycles. The van der Waals surface area contributed by atoms with Gasteiger partial charge in [0.25, 0.3) is 11.8 Å². The minimum Gasteiger partial charge on any atom is -0.420 e. The van der Waals surface area contributed by atoms with E-state index in [1.54, 1.807) is 6.92 Å². The maximum Gasteiger partial charge on any atom is 0.268 e. The number of rotatable bonds is 10. The van der Waals surface area contributed by atoms with Gasteiger partial charge in [0, 0.05) is 18.2 Å². The van der Waals surface area contributed by atoms with Gasteiger partial charge in [0.2, 0.25) is 5.89 Å². The van der Waals surface area contributed by atoms with E-state index in [0.29, 0.717) is 35.4 Å². The summed E-state index contributed by atoms with van der Waals surface area (Å²) in [5.41, 5.74) is 5.25. The molecule has 1 N–H and O–H groups in total. The smallest absolute Gasteiger partial charge is 0.268 e. The van der Waals surface area contributed by atoms with Gasteiger partial charge in [-0.25, -0.2) is 4.68 Å². The largest absolute Gasteiger partial charge is 0.420 e. The Morgan fingerprint density at radius 1 is 0.923 bits per heavy atom. The molecule has 0 saturated heterocycles. The Hall–Kier alpha value is -4.52. The molecule has 0 unspecified atom stereocenters. The molecule has 3 aromatic carbocycles. The Balaban J connectivity index is 1.43. The van der Waals surface area contributed by atoms with E-state index >= 15 is 0 Å². The molecule has 0 aliphatic heterocycles. The minimum absolute atomic E-state index is 0.134. The van der Waals surface area contributed by atoms with Gasteiger partial charge in [0.05, 0.1) is 11.7 Å². The Labute approximate surface area is 228 Å². The molecule has 7 nitrogen and oxygen atoms in total. The predicted octanol–water partition coefficient (Wildman–Crippen LogP) is 6.53. The first kappa shape index (κ1) is 26.1. The molecule has 0 saturated carbocycles. The van der Waals surface area contributed by atoms with Gasteiger partial charge < -0.3 is 9.73 Å². The minimum atomic E-state index is -0.163. The zero-order valence-corrected chi connectivity index (χ0v) is 22.5. The average Bonchev–Trinajstić information content (AvgIpc) is 3.59. The molecule has 1 amide bonds. The highest BCUT2D eigenvalue weighted by Crippen LogP contribution is 2.24. The van der Waals surface area contributed by atoms with Crippen molar-refractivity contribution in [1.82, 2.24) is 25.3 Å². The number of carbonyl (C=O) groups is 1. The van der Waals surface area contributed by atoms with Gasteiger partial charge in [-0.15, -0.1) is 10.2 Å². The average molecular weight is 520 g/mol. The first-order valence-electron chi connectivity index (χ1n) is 13.4. The molecular weight excluding hydrogens is 486 g/mol. The molecule has 0 fully saturated rings. The Morgan fingerprint density at radius 3 is 2.36 bits per heavy atom. The molecule has 5 rings (SSSR count). The van der Waals surface area contributed by atoms with E-state index in [1.165, 1.54) is 0 Å². The summed E-state index contributed by atoms with van der Waals surface area (Å²) in [6, 6.07) is 29.7. The first-order valence-corrected chi connectivity index (χ1v) is 13.4. The molecular formula is C32H33N5O2. The highest BCUT2D eigenvalue weighted by molar-refractivity contribution is 5.95. The summed E-state index contributed by atoms with van der Waals surface area (Å²) in [4.78, 5) is 13.6. The van der Waals surface area contributed by atoms with Crippen LogP contribution in [0.3, 0.4) is 0 Å². The lowest BCUT2D eigenvalue weighted by Crippen LogP contribution is -2.30. The highest BCUT2D eigenvalue weighted by atomic mass is 16.4. The number of aryl methyl sites for hydroxylation is 2. The van der Waals surface area contributed by atoms with Crippen molar-refractivity contribution in [2.75, 3.05) is 0 Å². The number of nitrogens with one attached hydrogen (secondary N) is 1. The lowest BCUT2D eigenvalue weighted by molar-refractivity contribution is 0.0936. The third kappa shape index (κ3) is 6.49. The fourth-order valence-electron chi connectivity index (χ4n) is 4.57. The molecule has 0 radical (unpaired) electrons. The normalized spacial score (nSPS) is 12.0. The van der Waals surface area contributed by atoms with Crippen molar-refractivity contribution in [3.63, 3.8) is 0 Å². The summed E-state index contributed by atoms with van der Waals surface area (Å²) in [7, 11) is 0. The van der Waals surface area contributed by atoms with Crippen molar-refractivity contribution in [3.05, 3.63) is 119 Å². The number of aromatic nitrogens is 4. The van der Waals surface area contributed by atoms with Crippen molar-refractivity contribution in [1.29, 1.82) is 0 Å². The summed E-state index contributed by atoms with van der Waals surface area (Å²) in [5, 5.41) is 16.2. The third-order valence-corrected chi connectivity index (χ3v) is 6.65. The molecule has 1 atom stereocenters. The highest BCUT2D eigenvalue weighted by Gasteiger charge is 2.19. The number of nitrogens with zero attached hydrogens (tertiary/aromatic N) is 4. The van der Waals surface area contributed by atoms with Gasteiger partial charge in [-0.2, -0.15) is 5.10 Å². The van der Waals surface area contributed by atoms with Gasteiger partial charge in [0.15, 0.2) is 0 Å². The van der Waals surface area contributed by atoms with Crippen LogP contribution in [0.25, 0.3) is 17.3 Å². The topological polar surface area (TPSA) is 85.8 Å². The zero-order valence-electron chi connectivity index (χ0n) is 22.5. The van der Waals surface area contributed by atoms with E-state index < -0.39 is 0 Å². The van der Waals surface area contributed by atoms with Crippen LogP contribution >= 0.6 is 0 Å². The van der Waals surface area contributed by atoms with Crippen LogP contribution in [-0.4, -0.2) is 25.9 Å². The van der Waals surface area contributed by atoms with Crippen LogP contribution in [0.1, 0.15) is 59.4 Å². The Morgan fingerprint density at radius 2 is 1.67 bits per heavy atom. The lowest BCUT2D eigenvalue weighted by atomic mass is 9.98. The molecule has 0 aliphatic rings. The van der Waals surface area contributed by atoms with Crippen LogP contribution in [-0.2, 0) is 12.8 Å². The van der Waals surface area contributed by atoms with Crippen LogP contribution in [0.2, 0.25) is 0 Å². The monoisotopic (exact) mass is 519 g/mol. The third-order valence-electron chi connectivity index (χ3n) is 6.65. The Kier molecular flexibility index (Phi) is 7.96. The van der Waals surface area contributed by atoms with Crippen LogP contribution in [0.15, 0.2) is 95.4 Å². The van der Waals surface area contributed by atoms with Crippen molar-refractivity contribution in [2.24, 2.45) is 5.92 Å². The number of hydrogen-bond donors (Lipinski definition) is 1. The second-order valence-corrected chi connectivity index (χ2v) is 10.2. The zero-order chi connectivity index (χ0) is 27.2. The summed E-state index contributed by atoms with van der Waals surface area (Å²) in [6.07, 6.45) is 2.54. The molecule has 2 heterocycles. The van der Waals surface area contributed by atoms with Crippen LogP contribution in [0.5, 0.6) is 0 Å². The van der Waals surface area contributed by atoms with Crippen molar-refractivity contribution in [2.45, 2.75) is 46.1 Å². The van der Waals surface area contributed by atoms with E-state index in [9.17, 15) is 4.79 Å². The summed E-state index contributed by atoms with van der Waals surface area (Å²) >= 11 is 0. The van der Waals surface area contributed by atoms with Crippen LogP contribution < -0.4 is 5.32 Å². The number of hydrogen-bond acceptors (Lipinski definition) is 5. The quantitative estimate of drug-likeness (QED) is 0.227. The summed E-state index contributed by atoms with van der Waals surface area (Å²) in [5.74, 6) is 1.28. The number of benzene rings is 3. The van der Waals surface area contributed by atoms with E-state index in [2.05, 4.69) is 53.6 Å². The van der Waals surface area contributed by atoms with Crippen LogP contribution in [0, 0.1) is 12.8 Å². The van der Waals surface area contributed by atoms with Crippen molar-refractivity contribution < 1.29 is 9.21 Å². The molecule has 39 heavy (non-hydrogen) atoms. The SMILES string of the molecule is Cc1nnc(-c2cc(CCC(C)C)n(-c3cccc(C(=O)N[C@@H](Cc4ccccc4)c4ccccc4)c3)n2)o1. The molecule has 0 bridgehead atoms. The van der Waals surface area contributed by atoms with Gasteiger partial charge in [0.1, 0.15) is 5.69 Å². The van der Waals surface area contributed by atoms with Gasteiger partial charge in [-0.1, -0.05) is 80.6 Å². The molecule has 0 spiro atoms.